The van der Waals surface area contributed by atoms with Gasteiger partial charge in [0.15, 0.2) is 18.2 Å². The number of nitrogens with zero attached hydrogens (tertiary/aromatic N) is 1. The van der Waals surface area contributed by atoms with Crippen LogP contribution < -0.4 is 5.32 Å². The lowest BCUT2D eigenvalue weighted by Gasteiger charge is -2.50. The first-order chi connectivity index (χ1) is 31.2. The fourth-order valence-electron chi connectivity index (χ4n) is 10.8. The van der Waals surface area contributed by atoms with Crippen LogP contribution in [-0.2, 0) is 57.1 Å². The summed E-state index contributed by atoms with van der Waals surface area (Å²) in [6, 6.07) is 2.38. The summed E-state index contributed by atoms with van der Waals surface area (Å²) in [5.41, 5.74) is -4.27. The number of Topliss-reactive ketones (excluding diaryl/α,β-unsaturated/α-hetero) is 1. The second-order valence-electron chi connectivity index (χ2n) is 20.0. The molecule has 1 aromatic rings. The van der Waals surface area contributed by atoms with E-state index in [4.69, 9.17) is 37.9 Å². The Morgan fingerprint density at radius 2 is 1.58 bits per heavy atom. The molecule has 4 aliphatic heterocycles. The number of halogens is 2. The molecule has 1 amide bonds. The van der Waals surface area contributed by atoms with E-state index in [0.717, 1.165) is 23.9 Å². The highest BCUT2D eigenvalue weighted by Gasteiger charge is 2.62. The van der Waals surface area contributed by atoms with Crippen LogP contribution in [0.3, 0.4) is 0 Å². The molecule has 4 aliphatic rings. The summed E-state index contributed by atoms with van der Waals surface area (Å²) in [6.07, 6.45) is -7.80. The molecule has 0 spiro atoms. The quantitative estimate of drug-likeness (QED) is 0.229. The summed E-state index contributed by atoms with van der Waals surface area (Å²) < 4.78 is 79.2. The van der Waals surface area contributed by atoms with Crippen molar-refractivity contribution in [3.8, 4) is 0 Å². The van der Waals surface area contributed by atoms with Gasteiger partial charge in [0.05, 0.1) is 53.0 Å². The van der Waals surface area contributed by atoms with Gasteiger partial charge in [-0.15, -0.1) is 11.8 Å². The van der Waals surface area contributed by atoms with Crippen molar-refractivity contribution in [1.82, 2.24) is 4.90 Å². The lowest BCUT2D eigenvalue weighted by atomic mass is 9.70. The van der Waals surface area contributed by atoms with Gasteiger partial charge in [-0.25, -0.2) is 8.78 Å². The Hall–Kier alpha value is -2.85. The zero-order valence-electron chi connectivity index (χ0n) is 41.4. The highest BCUT2D eigenvalue weighted by molar-refractivity contribution is 8.01. The molecule has 380 valence electrons. The molecule has 4 saturated heterocycles. The number of cyclic esters (lactones) is 1. The molecule has 0 bridgehead atoms. The number of hydrogen-bond donors (Lipinski definition) is 3. The fraction of sp³-hybridized carbons (Fsp3) is 0.792. The normalized spacial score (nSPS) is 42.4. The highest BCUT2D eigenvalue weighted by Crippen LogP contribution is 2.49. The summed E-state index contributed by atoms with van der Waals surface area (Å²) in [5, 5.41) is 24.2. The van der Waals surface area contributed by atoms with Crippen LogP contribution in [0, 0.1) is 41.2 Å². The van der Waals surface area contributed by atoms with Gasteiger partial charge in [0.1, 0.15) is 41.0 Å². The largest absolute Gasteiger partial charge is 0.458 e. The van der Waals surface area contributed by atoms with Crippen molar-refractivity contribution in [3.63, 3.8) is 0 Å². The molecule has 0 radical (unpaired) electrons. The van der Waals surface area contributed by atoms with Crippen molar-refractivity contribution in [1.29, 1.82) is 0 Å². The van der Waals surface area contributed by atoms with Crippen LogP contribution in [-0.4, -0.2) is 156 Å². The molecule has 3 N–H and O–H groups in total. The summed E-state index contributed by atoms with van der Waals surface area (Å²) >= 11 is 0.904. The molecule has 19 atom stereocenters. The zero-order chi connectivity index (χ0) is 50.1. The van der Waals surface area contributed by atoms with Crippen LogP contribution in [0.1, 0.15) is 94.9 Å². The summed E-state index contributed by atoms with van der Waals surface area (Å²) in [7, 11) is 6.69. The van der Waals surface area contributed by atoms with Gasteiger partial charge < -0.3 is 58.3 Å². The number of aliphatic hydroxyl groups is 2. The van der Waals surface area contributed by atoms with E-state index in [-0.39, 0.29) is 48.6 Å². The average molecular weight is 973 g/mol. The van der Waals surface area contributed by atoms with Crippen molar-refractivity contribution >= 4 is 41.1 Å². The Morgan fingerprint density at radius 1 is 0.925 bits per heavy atom. The Balaban J connectivity index is 1.60. The van der Waals surface area contributed by atoms with Gasteiger partial charge in [0.25, 0.3) is 0 Å². The van der Waals surface area contributed by atoms with Crippen LogP contribution >= 0.6 is 11.8 Å². The maximum absolute atomic E-state index is 15.0. The summed E-state index contributed by atoms with van der Waals surface area (Å²) in [6.45, 7) is 17.4. The van der Waals surface area contributed by atoms with E-state index >= 15 is 4.79 Å². The van der Waals surface area contributed by atoms with Gasteiger partial charge in [0.2, 0.25) is 5.91 Å². The molecule has 67 heavy (non-hydrogen) atoms. The summed E-state index contributed by atoms with van der Waals surface area (Å²) in [4.78, 5) is 59.0. The number of thioether (sulfide) groups is 1. The van der Waals surface area contributed by atoms with E-state index in [1.54, 1.807) is 55.4 Å². The van der Waals surface area contributed by atoms with E-state index in [0.29, 0.717) is 12.5 Å². The Labute approximate surface area is 398 Å². The number of esters is 2. The molecule has 5 rings (SSSR count). The third kappa shape index (κ3) is 11.7. The van der Waals surface area contributed by atoms with E-state index in [1.807, 2.05) is 32.8 Å². The number of anilines is 1. The molecule has 0 aliphatic carbocycles. The Kier molecular flexibility index (Phi) is 18.1. The van der Waals surface area contributed by atoms with Gasteiger partial charge in [-0.3, -0.25) is 19.2 Å². The van der Waals surface area contributed by atoms with Crippen LogP contribution in [0.4, 0.5) is 14.5 Å². The molecular weight excluding hydrogens is 899 g/mol. The molecule has 0 saturated carbocycles. The molecule has 19 heteroatoms. The Bertz CT molecular complexity index is 1920. The number of likely N-dealkylation sites (N-methyl/N-ethyl adjacent to an activating group) is 1. The SMILES string of the molecule is CC[C@H]1OC(=O)[C@H](C)[C@@H](O[C@H]2C[C@@](C)(OC)[C@@H](O)[C@@H](C)O2)[C@H](C)[C@@H](O[C@@H]2O[C@H](C)C[C@H](N(C)C)[C@H]2O)[C@](C)(OC)C[C@@H](C)C(=O)C(C)C2C(SCC(=O)Nc3ccc(F)cc3F)C(=O)O[C@@]21C. The number of hydrogen-bond acceptors (Lipinski definition) is 16. The fourth-order valence-corrected chi connectivity index (χ4v) is 12.1. The van der Waals surface area contributed by atoms with Crippen LogP contribution in [0.15, 0.2) is 18.2 Å². The minimum Gasteiger partial charge on any atom is -0.458 e. The minimum absolute atomic E-state index is 0.0481. The van der Waals surface area contributed by atoms with Gasteiger partial charge in [0, 0.05) is 56.4 Å². The van der Waals surface area contributed by atoms with Crippen molar-refractivity contribution in [3.05, 3.63) is 29.8 Å². The second-order valence-corrected chi connectivity index (χ2v) is 21.1. The van der Waals surface area contributed by atoms with Crippen molar-refractivity contribution < 1.29 is 76.1 Å². The van der Waals surface area contributed by atoms with E-state index < -0.39 is 130 Å². The number of amides is 1. The van der Waals surface area contributed by atoms with E-state index in [9.17, 15) is 33.4 Å². The molecule has 4 fully saturated rings. The highest BCUT2D eigenvalue weighted by atomic mass is 32.2. The number of carbonyl (C=O) groups excluding carboxylic acids is 4. The average Bonchev–Trinajstić information content (AvgIpc) is 3.53. The monoisotopic (exact) mass is 972 g/mol. The Morgan fingerprint density at radius 3 is 2.18 bits per heavy atom. The molecule has 4 heterocycles. The number of aliphatic hydroxyl groups excluding tert-OH is 2. The molecule has 3 unspecified atom stereocenters. The van der Waals surface area contributed by atoms with Crippen molar-refractivity contribution in [2.75, 3.05) is 39.4 Å². The lowest BCUT2D eigenvalue weighted by Crippen LogP contribution is -2.61. The topological polar surface area (TPSA) is 198 Å². The number of methoxy groups -OCH3 is 2. The predicted octanol–water partition coefficient (Wildman–Crippen LogP) is 5.28. The van der Waals surface area contributed by atoms with E-state index in [2.05, 4.69) is 5.32 Å². The van der Waals surface area contributed by atoms with Crippen LogP contribution in [0.2, 0.25) is 0 Å². The van der Waals surface area contributed by atoms with Crippen molar-refractivity contribution in [2.24, 2.45) is 29.6 Å². The molecule has 1 aromatic carbocycles. The molecular formula is C48H74F2N2O14S. The maximum Gasteiger partial charge on any atom is 0.320 e. The first-order valence-corrected chi connectivity index (χ1v) is 24.4. The molecule has 16 nitrogen and oxygen atoms in total. The second kappa shape index (κ2) is 22.1. The third-order valence-corrected chi connectivity index (χ3v) is 16.1. The lowest BCUT2D eigenvalue weighted by molar-refractivity contribution is -0.319. The van der Waals surface area contributed by atoms with Gasteiger partial charge in [-0.05, 0) is 87.0 Å². The summed E-state index contributed by atoms with van der Waals surface area (Å²) in [5.74, 6) is -9.11. The predicted molar refractivity (Wildman–Crippen MR) is 244 cm³/mol. The van der Waals surface area contributed by atoms with Crippen LogP contribution in [0.5, 0.6) is 0 Å². The smallest absolute Gasteiger partial charge is 0.320 e. The number of ether oxygens (including phenoxy) is 8. The van der Waals surface area contributed by atoms with Gasteiger partial charge >= 0.3 is 11.9 Å². The first-order valence-electron chi connectivity index (χ1n) is 23.3. The van der Waals surface area contributed by atoms with Crippen molar-refractivity contribution in [2.45, 2.75) is 178 Å². The zero-order valence-corrected chi connectivity index (χ0v) is 42.2. The number of fused-ring (bicyclic) bond motifs is 1. The van der Waals surface area contributed by atoms with E-state index in [1.165, 1.54) is 14.2 Å². The minimum atomic E-state index is -1.58. The number of benzene rings is 1. The molecule has 0 aromatic heterocycles. The number of rotatable bonds is 12. The number of carbonyl (C=O) groups is 4. The standard InChI is InChI=1S/C48H74F2N2O14S/c1-15-33-48(10)36(40(44(58)66-48)67-22-34(53)51-31-17-16-29(49)19-30(31)50)25(4)37(54)23(2)20-47(9,60-14)42(65-45-38(55)32(52(11)12)18-24(3)61-45)26(5)39(27(6)43(57)63-33)64-35-21-46(8,59-13)41(56)28(7)62-35/h16-17,19,23-28,32-33,35-36,38-42,45,55-56H,15,18,20-22H2,1-14H3,(H,51,53)/t23-,24-,25?,26+,27-,28-,32+,33-,35+,36?,38-,39+,40?,41+,42-,45+,46-,47-,48-/m1/s1. The number of ketones is 1. The first kappa shape index (κ1) is 55.1. The van der Waals surface area contributed by atoms with Gasteiger partial charge in [-0.1, -0.05) is 27.7 Å². The third-order valence-electron chi connectivity index (χ3n) is 14.9. The number of nitrogens with one attached hydrogen (secondary N) is 1. The maximum atomic E-state index is 15.0. The van der Waals surface area contributed by atoms with Crippen LogP contribution in [0.25, 0.3) is 0 Å². The van der Waals surface area contributed by atoms with Gasteiger partial charge in [-0.2, -0.15) is 0 Å².